The first-order valence-corrected chi connectivity index (χ1v) is 8.43. The Morgan fingerprint density at radius 3 is 3.00 bits per heavy atom. The van der Waals surface area contributed by atoms with E-state index in [9.17, 15) is 4.79 Å². The van der Waals surface area contributed by atoms with Gasteiger partial charge in [-0.15, -0.1) is 11.3 Å². The fraction of sp³-hybridized carbons (Fsp3) is 0.500. The van der Waals surface area contributed by atoms with Crippen LogP contribution in [0.2, 0.25) is 0 Å². The largest absolute Gasteiger partial charge is 0.333 e. The summed E-state index contributed by atoms with van der Waals surface area (Å²) >= 11 is 1.65. The van der Waals surface area contributed by atoms with E-state index >= 15 is 0 Å². The van der Waals surface area contributed by atoms with E-state index in [1.807, 2.05) is 17.5 Å². The zero-order valence-electron chi connectivity index (χ0n) is 12.1. The van der Waals surface area contributed by atoms with Crippen molar-refractivity contribution in [3.63, 3.8) is 0 Å². The number of amides is 1. The third-order valence-corrected chi connectivity index (χ3v) is 5.83. The Labute approximate surface area is 128 Å². The van der Waals surface area contributed by atoms with Crippen LogP contribution >= 0.6 is 11.3 Å². The molecule has 2 bridgehead atoms. The summed E-state index contributed by atoms with van der Waals surface area (Å²) in [6.45, 7) is 4.34. The third kappa shape index (κ3) is 2.24. The fourth-order valence-electron chi connectivity index (χ4n) is 3.74. The molecule has 2 aromatic rings. The van der Waals surface area contributed by atoms with Gasteiger partial charge in [0.25, 0.3) is 5.91 Å². The number of pyridine rings is 1. The molecular weight excluding hydrogens is 282 g/mol. The van der Waals surface area contributed by atoms with Gasteiger partial charge >= 0.3 is 0 Å². The summed E-state index contributed by atoms with van der Waals surface area (Å²) in [6, 6.07) is 3.93. The first-order chi connectivity index (χ1) is 10.1. The molecule has 3 fully saturated rings. The number of hydrogen-bond acceptors (Lipinski definition) is 4. The molecule has 0 saturated carbocycles. The molecule has 3 saturated heterocycles. The van der Waals surface area contributed by atoms with E-state index in [2.05, 4.69) is 22.1 Å². The van der Waals surface area contributed by atoms with Crippen molar-refractivity contribution in [2.75, 3.05) is 13.1 Å². The molecule has 0 unspecified atom stereocenters. The van der Waals surface area contributed by atoms with Crippen LogP contribution in [-0.2, 0) is 0 Å². The van der Waals surface area contributed by atoms with Gasteiger partial charge in [0.1, 0.15) is 5.69 Å². The van der Waals surface area contributed by atoms with Gasteiger partial charge in [-0.2, -0.15) is 0 Å². The number of carbonyl (C=O) groups is 1. The summed E-state index contributed by atoms with van der Waals surface area (Å²) in [5.74, 6) is 0.702. The minimum Gasteiger partial charge on any atom is -0.333 e. The quantitative estimate of drug-likeness (QED) is 0.927. The number of aromatic nitrogens is 1. The molecule has 3 aliphatic rings. The zero-order valence-corrected chi connectivity index (χ0v) is 12.9. The monoisotopic (exact) mass is 301 g/mol. The van der Waals surface area contributed by atoms with Gasteiger partial charge in [0.05, 0.1) is 5.66 Å². The molecule has 0 aromatic carbocycles. The van der Waals surface area contributed by atoms with Crippen molar-refractivity contribution >= 4 is 27.3 Å². The molecule has 5 rings (SSSR count). The maximum atomic E-state index is 12.6. The van der Waals surface area contributed by atoms with Gasteiger partial charge in [-0.3, -0.25) is 14.7 Å². The zero-order chi connectivity index (χ0) is 14.4. The van der Waals surface area contributed by atoms with Gasteiger partial charge in [-0.25, -0.2) is 0 Å². The van der Waals surface area contributed by atoms with E-state index in [0.29, 0.717) is 5.69 Å². The lowest BCUT2D eigenvalue weighted by atomic mass is 9.80. The van der Waals surface area contributed by atoms with E-state index < -0.39 is 0 Å². The van der Waals surface area contributed by atoms with Crippen LogP contribution in [0.25, 0.3) is 10.1 Å². The van der Waals surface area contributed by atoms with Gasteiger partial charge in [-0.1, -0.05) is 0 Å². The van der Waals surface area contributed by atoms with Crippen LogP contribution in [-0.4, -0.2) is 34.5 Å². The van der Waals surface area contributed by atoms with Gasteiger partial charge < -0.3 is 5.32 Å². The van der Waals surface area contributed by atoms with Crippen molar-refractivity contribution in [2.24, 2.45) is 5.92 Å². The molecule has 0 aliphatic carbocycles. The Kier molecular flexibility index (Phi) is 3.01. The van der Waals surface area contributed by atoms with E-state index in [4.69, 9.17) is 0 Å². The molecule has 1 atom stereocenters. The number of fused-ring (bicyclic) bond motifs is 4. The first kappa shape index (κ1) is 13.2. The van der Waals surface area contributed by atoms with Gasteiger partial charge in [0.15, 0.2) is 0 Å². The maximum absolute atomic E-state index is 12.6. The molecule has 1 amide bonds. The van der Waals surface area contributed by atoms with E-state index in [1.54, 1.807) is 17.5 Å². The smallest absolute Gasteiger partial charge is 0.271 e. The molecule has 3 aliphatic heterocycles. The van der Waals surface area contributed by atoms with Crippen molar-refractivity contribution in [2.45, 2.75) is 31.8 Å². The summed E-state index contributed by atoms with van der Waals surface area (Å²) in [7, 11) is 0. The topological polar surface area (TPSA) is 45.2 Å². The van der Waals surface area contributed by atoms with Crippen molar-refractivity contribution in [1.82, 2.24) is 15.2 Å². The summed E-state index contributed by atoms with van der Waals surface area (Å²) in [5, 5.41) is 6.36. The highest BCUT2D eigenvalue weighted by molar-refractivity contribution is 7.17. The van der Waals surface area contributed by atoms with Crippen LogP contribution < -0.4 is 5.32 Å². The lowest BCUT2D eigenvalue weighted by Crippen LogP contribution is -2.65. The van der Waals surface area contributed by atoms with Gasteiger partial charge in [0.2, 0.25) is 0 Å². The van der Waals surface area contributed by atoms with Crippen molar-refractivity contribution in [1.29, 1.82) is 0 Å². The predicted octanol–water partition coefficient (Wildman–Crippen LogP) is 2.86. The Balaban J connectivity index is 1.57. The molecule has 5 heteroatoms. The second kappa shape index (κ2) is 4.78. The molecule has 0 radical (unpaired) electrons. The highest BCUT2D eigenvalue weighted by Gasteiger charge is 2.43. The summed E-state index contributed by atoms with van der Waals surface area (Å²) in [4.78, 5) is 19.3. The lowest BCUT2D eigenvalue weighted by molar-refractivity contribution is -0.0347. The lowest BCUT2D eigenvalue weighted by Gasteiger charge is -2.52. The first-order valence-electron chi connectivity index (χ1n) is 7.55. The molecular formula is C16H19N3OS. The molecule has 1 N–H and O–H groups in total. The van der Waals surface area contributed by atoms with Crippen LogP contribution in [0, 0.1) is 5.92 Å². The Bertz CT molecular complexity index is 690. The number of piperidine rings is 3. The van der Waals surface area contributed by atoms with Crippen LogP contribution in [0.15, 0.2) is 23.7 Å². The second-order valence-electron chi connectivity index (χ2n) is 6.39. The molecule has 5 heterocycles. The molecule has 110 valence electrons. The van der Waals surface area contributed by atoms with E-state index in [0.717, 1.165) is 35.5 Å². The second-order valence-corrected chi connectivity index (χ2v) is 7.34. The number of hydrogen-bond donors (Lipinski definition) is 1. The normalized spacial score (nSPS) is 31.5. The van der Waals surface area contributed by atoms with Gasteiger partial charge in [-0.05, 0) is 49.6 Å². The van der Waals surface area contributed by atoms with Crippen LogP contribution in [0.5, 0.6) is 0 Å². The average molecular weight is 301 g/mol. The van der Waals surface area contributed by atoms with Crippen molar-refractivity contribution in [3.05, 3.63) is 29.4 Å². The van der Waals surface area contributed by atoms with Crippen LogP contribution in [0.4, 0.5) is 0 Å². The standard InChI is InChI=1S/C16H19N3OS/c1-16(9-11-2-5-19(16)6-3-11)18-15(20)13-8-14-12(10-17-13)4-7-21-14/h4,7-8,10-11H,2-3,5-6,9H2,1H3,(H,18,20)/t16-/m0/s1. The van der Waals surface area contributed by atoms with E-state index in [-0.39, 0.29) is 11.6 Å². The van der Waals surface area contributed by atoms with Crippen molar-refractivity contribution < 1.29 is 4.79 Å². The maximum Gasteiger partial charge on any atom is 0.271 e. The number of carbonyl (C=O) groups excluding carboxylic acids is 1. The Morgan fingerprint density at radius 2 is 2.29 bits per heavy atom. The fourth-order valence-corrected chi connectivity index (χ4v) is 4.54. The highest BCUT2D eigenvalue weighted by Crippen LogP contribution is 2.37. The summed E-state index contributed by atoms with van der Waals surface area (Å²) < 4.78 is 1.12. The minimum absolute atomic E-state index is 0.0552. The molecule has 4 nitrogen and oxygen atoms in total. The average Bonchev–Trinajstić information content (AvgIpc) is 2.95. The Morgan fingerprint density at radius 1 is 1.48 bits per heavy atom. The third-order valence-electron chi connectivity index (χ3n) is 4.95. The minimum atomic E-state index is -0.204. The summed E-state index contributed by atoms with van der Waals surface area (Å²) in [5.41, 5.74) is 0.318. The van der Waals surface area contributed by atoms with Crippen LogP contribution in [0.1, 0.15) is 36.7 Å². The highest BCUT2D eigenvalue weighted by atomic mass is 32.1. The van der Waals surface area contributed by atoms with Crippen molar-refractivity contribution in [3.8, 4) is 0 Å². The number of nitrogens with one attached hydrogen (secondary N) is 1. The van der Waals surface area contributed by atoms with Crippen LogP contribution in [0.3, 0.4) is 0 Å². The number of rotatable bonds is 2. The SMILES string of the molecule is C[C@@]1(NC(=O)c2cc3sccc3cn2)CC2CCN1CC2. The molecule has 21 heavy (non-hydrogen) atoms. The summed E-state index contributed by atoms with van der Waals surface area (Å²) in [6.07, 6.45) is 5.38. The predicted molar refractivity (Wildman–Crippen MR) is 84.4 cm³/mol. The Hall–Kier alpha value is -1.46. The molecule has 2 aromatic heterocycles. The van der Waals surface area contributed by atoms with Gasteiger partial charge in [0, 0.05) is 29.4 Å². The number of nitrogens with zero attached hydrogens (tertiary/aromatic N) is 2. The molecule has 0 spiro atoms. The van der Waals surface area contributed by atoms with E-state index in [1.165, 1.54) is 12.8 Å². The number of thiophene rings is 1.